The predicted molar refractivity (Wildman–Crippen MR) is 158 cm³/mol. The lowest BCUT2D eigenvalue weighted by Gasteiger charge is -2.35. The van der Waals surface area contributed by atoms with Crippen LogP contribution in [-0.4, -0.2) is 81.0 Å². The van der Waals surface area contributed by atoms with Gasteiger partial charge in [0.05, 0.1) is 18.2 Å². The topological polar surface area (TPSA) is 180 Å². The Morgan fingerprint density at radius 2 is 1.66 bits per heavy atom. The van der Waals surface area contributed by atoms with Gasteiger partial charge in [0, 0.05) is 25.5 Å². The Kier molecular flexibility index (Phi) is 10.5. The number of ether oxygens (including phenoxy) is 1. The summed E-state index contributed by atoms with van der Waals surface area (Å²) in [6, 6.07) is 5.48. The molecule has 1 aromatic heterocycles. The van der Waals surface area contributed by atoms with Crippen molar-refractivity contribution in [2.45, 2.75) is 71.0 Å². The van der Waals surface area contributed by atoms with E-state index in [0.717, 1.165) is 32.1 Å². The van der Waals surface area contributed by atoms with E-state index in [1.807, 2.05) is 0 Å². The van der Waals surface area contributed by atoms with Crippen LogP contribution < -0.4 is 20.7 Å². The highest BCUT2D eigenvalue weighted by Gasteiger charge is 2.44. The monoisotopic (exact) mass is 608 g/mol. The molecule has 0 radical (unpaired) electrons. The van der Waals surface area contributed by atoms with Crippen LogP contribution in [0.1, 0.15) is 63.4 Å². The molecule has 1 aromatic carbocycles. The van der Waals surface area contributed by atoms with Crippen LogP contribution in [0, 0.1) is 17.3 Å². The van der Waals surface area contributed by atoms with E-state index in [2.05, 4.69) is 25.9 Å². The summed E-state index contributed by atoms with van der Waals surface area (Å²) in [5.74, 6) is -3.74. The Labute approximate surface area is 256 Å². The smallest absolute Gasteiger partial charge is 0.415 e. The molecule has 1 aliphatic heterocycles. The summed E-state index contributed by atoms with van der Waals surface area (Å²) in [4.78, 5) is 74.5. The van der Waals surface area contributed by atoms with Crippen LogP contribution in [0.3, 0.4) is 0 Å². The van der Waals surface area contributed by atoms with E-state index in [0.29, 0.717) is 5.75 Å². The third-order valence-electron chi connectivity index (χ3n) is 8.07. The summed E-state index contributed by atoms with van der Waals surface area (Å²) in [5, 5.41) is 18.3. The van der Waals surface area contributed by atoms with E-state index in [1.54, 1.807) is 51.1 Å². The zero-order chi connectivity index (χ0) is 31.9. The van der Waals surface area contributed by atoms with Gasteiger partial charge in [0.15, 0.2) is 0 Å². The molecule has 1 saturated carbocycles. The summed E-state index contributed by atoms with van der Waals surface area (Å²) in [6.07, 6.45) is 7.77. The maximum atomic E-state index is 13.8. The van der Waals surface area contributed by atoms with Crippen LogP contribution in [-0.2, 0) is 14.4 Å². The van der Waals surface area contributed by atoms with Crippen LogP contribution in [0.4, 0.5) is 4.79 Å². The number of amides is 4. The van der Waals surface area contributed by atoms with Gasteiger partial charge in [-0.15, -0.1) is 0 Å². The SMILES string of the molecule is CC(C)(C)[C@H](NC(=O)[C@@H](NC(=O)c1cnccn1)C1CCCCC1)C(=O)N[C@H]1CN(C(=O)Oc2ccccc2)C[C@H]1C(=O)O. The second-order valence-corrected chi connectivity index (χ2v) is 12.4. The van der Waals surface area contributed by atoms with Crippen LogP contribution >= 0.6 is 0 Å². The summed E-state index contributed by atoms with van der Waals surface area (Å²) < 4.78 is 5.36. The van der Waals surface area contributed by atoms with E-state index in [-0.39, 0.29) is 24.7 Å². The number of likely N-dealkylation sites (tertiary alicyclic amines) is 1. The normalized spacial score (nSPS) is 20.2. The van der Waals surface area contributed by atoms with Gasteiger partial charge in [0.25, 0.3) is 5.91 Å². The molecule has 44 heavy (non-hydrogen) atoms. The molecule has 2 heterocycles. The van der Waals surface area contributed by atoms with Gasteiger partial charge in [0.1, 0.15) is 23.5 Å². The van der Waals surface area contributed by atoms with Crippen molar-refractivity contribution in [3.63, 3.8) is 0 Å². The maximum Gasteiger partial charge on any atom is 0.415 e. The number of nitrogens with zero attached hydrogens (tertiary/aromatic N) is 3. The minimum Gasteiger partial charge on any atom is -0.481 e. The molecule has 13 nitrogen and oxygen atoms in total. The lowest BCUT2D eigenvalue weighted by atomic mass is 9.82. The Hall–Kier alpha value is -4.55. The Morgan fingerprint density at radius 3 is 2.27 bits per heavy atom. The average Bonchev–Trinajstić information content (AvgIpc) is 3.43. The van der Waals surface area contributed by atoms with Gasteiger partial charge in [-0.05, 0) is 36.3 Å². The number of benzene rings is 1. The van der Waals surface area contributed by atoms with Crippen molar-refractivity contribution < 1.29 is 33.8 Å². The Morgan fingerprint density at radius 1 is 0.955 bits per heavy atom. The number of rotatable bonds is 9. The second-order valence-electron chi connectivity index (χ2n) is 12.4. The third-order valence-corrected chi connectivity index (χ3v) is 8.07. The molecule has 13 heteroatoms. The van der Waals surface area contributed by atoms with Gasteiger partial charge in [-0.25, -0.2) is 9.78 Å². The molecule has 4 rings (SSSR count). The summed E-state index contributed by atoms with van der Waals surface area (Å²) in [7, 11) is 0. The van der Waals surface area contributed by atoms with E-state index in [1.165, 1.54) is 23.5 Å². The molecule has 2 fully saturated rings. The van der Waals surface area contributed by atoms with Crippen molar-refractivity contribution in [3.8, 4) is 5.75 Å². The van der Waals surface area contributed by atoms with Crippen molar-refractivity contribution in [3.05, 3.63) is 54.6 Å². The number of carboxylic acid groups (broad SMARTS) is 1. The molecule has 2 aromatic rings. The van der Waals surface area contributed by atoms with Crippen LogP contribution in [0.15, 0.2) is 48.9 Å². The fourth-order valence-electron chi connectivity index (χ4n) is 5.67. The first-order valence-electron chi connectivity index (χ1n) is 14.9. The molecule has 1 saturated heterocycles. The lowest BCUT2D eigenvalue weighted by Crippen LogP contribution is -2.61. The highest BCUT2D eigenvalue weighted by atomic mass is 16.6. The molecule has 0 bridgehead atoms. The van der Waals surface area contributed by atoms with Crippen LogP contribution in [0.2, 0.25) is 0 Å². The third kappa shape index (κ3) is 8.29. The molecule has 4 amide bonds. The van der Waals surface area contributed by atoms with Crippen molar-refractivity contribution in [1.82, 2.24) is 30.8 Å². The van der Waals surface area contributed by atoms with E-state index < -0.39 is 59.2 Å². The van der Waals surface area contributed by atoms with E-state index >= 15 is 0 Å². The van der Waals surface area contributed by atoms with Crippen molar-refractivity contribution in [2.75, 3.05) is 13.1 Å². The van der Waals surface area contributed by atoms with E-state index in [4.69, 9.17) is 4.74 Å². The fourth-order valence-corrected chi connectivity index (χ4v) is 5.67. The summed E-state index contributed by atoms with van der Waals surface area (Å²) in [6.45, 7) is 5.09. The Balaban J connectivity index is 1.48. The molecule has 236 valence electrons. The minimum atomic E-state index is -1.18. The summed E-state index contributed by atoms with van der Waals surface area (Å²) in [5.41, 5.74) is -0.711. The number of para-hydroxylation sites is 1. The highest BCUT2D eigenvalue weighted by Crippen LogP contribution is 2.28. The fraction of sp³-hybridized carbons (Fsp3) is 0.516. The lowest BCUT2D eigenvalue weighted by molar-refractivity contribution is -0.142. The first kappa shape index (κ1) is 32.4. The van der Waals surface area contributed by atoms with Gasteiger partial charge in [-0.3, -0.25) is 24.2 Å². The number of hydrogen-bond donors (Lipinski definition) is 4. The van der Waals surface area contributed by atoms with Crippen LogP contribution in [0.5, 0.6) is 5.75 Å². The van der Waals surface area contributed by atoms with Gasteiger partial charge in [-0.2, -0.15) is 0 Å². The van der Waals surface area contributed by atoms with Crippen molar-refractivity contribution in [2.24, 2.45) is 17.3 Å². The van der Waals surface area contributed by atoms with Crippen molar-refractivity contribution in [1.29, 1.82) is 0 Å². The zero-order valence-corrected chi connectivity index (χ0v) is 25.2. The standard InChI is InChI=1S/C31H40N6O7/c1-31(2,3)25(36-27(39)24(19-10-6-4-7-11-19)35-26(38)22-16-32-14-15-33-22)28(40)34-23-18-37(17-21(23)29(41)42)30(43)44-20-12-8-5-9-13-20/h5,8-9,12-16,19,21,23-25H,4,6-7,10-11,17-18H2,1-3H3,(H,34,40)(H,35,38)(H,36,39)(H,41,42)/t21-,23+,24+,25-/m1/s1. The Bertz CT molecular complexity index is 1330. The number of aromatic nitrogens is 2. The first-order chi connectivity index (χ1) is 20.9. The van der Waals surface area contributed by atoms with Crippen LogP contribution in [0.25, 0.3) is 0 Å². The number of carboxylic acids is 1. The van der Waals surface area contributed by atoms with Gasteiger partial charge < -0.3 is 30.7 Å². The zero-order valence-electron chi connectivity index (χ0n) is 25.2. The number of hydrogen-bond acceptors (Lipinski definition) is 8. The molecule has 4 atom stereocenters. The largest absolute Gasteiger partial charge is 0.481 e. The molecule has 0 unspecified atom stereocenters. The number of carbonyl (C=O) groups excluding carboxylic acids is 4. The summed E-state index contributed by atoms with van der Waals surface area (Å²) >= 11 is 0. The van der Waals surface area contributed by atoms with Gasteiger partial charge in [-0.1, -0.05) is 58.2 Å². The number of carbonyl (C=O) groups is 5. The van der Waals surface area contributed by atoms with Gasteiger partial charge in [0.2, 0.25) is 11.8 Å². The molecular weight excluding hydrogens is 568 g/mol. The predicted octanol–water partition coefficient (Wildman–Crippen LogP) is 2.39. The molecule has 1 aliphatic carbocycles. The van der Waals surface area contributed by atoms with Gasteiger partial charge >= 0.3 is 12.1 Å². The average molecular weight is 609 g/mol. The number of nitrogens with one attached hydrogen (secondary N) is 3. The quantitative estimate of drug-likeness (QED) is 0.332. The molecule has 2 aliphatic rings. The molecule has 0 spiro atoms. The molecular formula is C31H40N6O7. The maximum absolute atomic E-state index is 13.8. The van der Waals surface area contributed by atoms with E-state index in [9.17, 15) is 29.1 Å². The molecule has 4 N–H and O–H groups in total. The highest BCUT2D eigenvalue weighted by molar-refractivity contribution is 5.97. The number of aliphatic carboxylic acids is 1. The van der Waals surface area contributed by atoms with Crippen molar-refractivity contribution >= 4 is 29.8 Å². The first-order valence-corrected chi connectivity index (χ1v) is 14.9. The second kappa shape index (κ2) is 14.3. The minimum absolute atomic E-state index is 0.0718.